The molecule has 0 spiro atoms. The molecule has 2 N–H and O–H groups in total. The lowest BCUT2D eigenvalue weighted by atomic mass is 9.84. The minimum absolute atomic E-state index is 0.206. The number of aryl methyl sites for hydroxylation is 2. The summed E-state index contributed by atoms with van der Waals surface area (Å²) in [4.78, 5) is 26.7. The number of fused-ring (bicyclic) bond motifs is 1. The average Bonchev–Trinajstić information content (AvgIpc) is 2.85. The molecule has 3 aromatic rings. The maximum absolute atomic E-state index is 13.6. The average molecular weight is 541 g/mol. The van der Waals surface area contributed by atoms with Gasteiger partial charge in [-0.1, -0.05) is 23.7 Å². The Morgan fingerprint density at radius 2 is 1.89 bits per heavy atom. The number of carboxylic acid groups (broad SMARTS) is 1. The molecule has 0 aliphatic carbocycles. The molecule has 1 atom stereocenters. The number of likely N-dealkylation sites (N-methyl/N-ethyl adjacent to an activating group) is 1. The SMILES string of the molecule is Cc1ccc(C(C)(C)C(=O)O)cc1NC(=O)c1cc(Cl)c(OC[C@@H]2CN(C)c3cc(F)ccc3O2)cc1C. The van der Waals surface area contributed by atoms with Gasteiger partial charge in [-0.25, -0.2) is 4.39 Å². The van der Waals surface area contributed by atoms with Crippen LogP contribution >= 0.6 is 11.6 Å². The predicted octanol–water partition coefficient (Wildman–Crippen LogP) is 5.99. The molecule has 0 saturated carbocycles. The molecule has 0 bridgehead atoms. The Balaban J connectivity index is 1.47. The van der Waals surface area contributed by atoms with Gasteiger partial charge >= 0.3 is 5.97 Å². The number of anilines is 2. The molecule has 9 heteroatoms. The first-order valence-corrected chi connectivity index (χ1v) is 12.5. The first-order valence-electron chi connectivity index (χ1n) is 12.1. The van der Waals surface area contributed by atoms with Gasteiger partial charge in [0.15, 0.2) is 0 Å². The van der Waals surface area contributed by atoms with Crippen molar-refractivity contribution in [3.05, 3.63) is 81.6 Å². The van der Waals surface area contributed by atoms with Crippen molar-refractivity contribution in [1.82, 2.24) is 0 Å². The van der Waals surface area contributed by atoms with Crippen LogP contribution in [0.1, 0.15) is 40.9 Å². The largest absolute Gasteiger partial charge is 0.488 e. The van der Waals surface area contributed by atoms with Crippen molar-refractivity contribution in [3.63, 3.8) is 0 Å². The number of benzene rings is 3. The number of nitrogens with one attached hydrogen (secondary N) is 1. The third kappa shape index (κ3) is 5.55. The molecule has 0 unspecified atom stereocenters. The minimum Gasteiger partial charge on any atom is -0.488 e. The van der Waals surface area contributed by atoms with Crippen molar-refractivity contribution >= 4 is 34.9 Å². The molecule has 0 aromatic heterocycles. The van der Waals surface area contributed by atoms with Crippen LogP contribution in [0.5, 0.6) is 11.5 Å². The highest BCUT2D eigenvalue weighted by molar-refractivity contribution is 6.32. The third-order valence-corrected chi connectivity index (χ3v) is 7.09. The maximum atomic E-state index is 13.6. The van der Waals surface area contributed by atoms with Crippen LogP contribution in [-0.2, 0) is 10.2 Å². The maximum Gasteiger partial charge on any atom is 0.313 e. The molecular weight excluding hydrogens is 511 g/mol. The smallest absolute Gasteiger partial charge is 0.313 e. The summed E-state index contributed by atoms with van der Waals surface area (Å²) in [5.74, 6) is -0.662. The molecule has 0 radical (unpaired) electrons. The summed E-state index contributed by atoms with van der Waals surface area (Å²) in [7, 11) is 1.86. The summed E-state index contributed by atoms with van der Waals surface area (Å²) >= 11 is 6.48. The second-order valence-corrected chi connectivity index (χ2v) is 10.5. The van der Waals surface area contributed by atoms with E-state index in [4.69, 9.17) is 21.1 Å². The summed E-state index contributed by atoms with van der Waals surface area (Å²) in [5, 5.41) is 12.7. The van der Waals surface area contributed by atoms with Crippen molar-refractivity contribution in [3.8, 4) is 11.5 Å². The molecule has 4 rings (SSSR count). The highest BCUT2D eigenvalue weighted by atomic mass is 35.5. The topological polar surface area (TPSA) is 88.1 Å². The Morgan fingerprint density at radius 3 is 2.61 bits per heavy atom. The molecule has 7 nitrogen and oxygen atoms in total. The summed E-state index contributed by atoms with van der Waals surface area (Å²) in [5.41, 5.74) is 2.49. The zero-order valence-electron chi connectivity index (χ0n) is 21.9. The van der Waals surface area contributed by atoms with Gasteiger partial charge in [-0.3, -0.25) is 9.59 Å². The summed E-state index contributed by atoms with van der Waals surface area (Å²) in [6.07, 6.45) is -0.303. The van der Waals surface area contributed by atoms with Crippen LogP contribution in [0.25, 0.3) is 0 Å². The van der Waals surface area contributed by atoms with Crippen LogP contribution < -0.4 is 19.7 Å². The van der Waals surface area contributed by atoms with Gasteiger partial charge in [0.05, 0.1) is 22.7 Å². The molecule has 0 saturated heterocycles. The van der Waals surface area contributed by atoms with Gasteiger partial charge in [0.2, 0.25) is 0 Å². The third-order valence-electron chi connectivity index (χ3n) is 6.79. The summed E-state index contributed by atoms with van der Waals surface area (Å²) < 4.78 is 25.5. The molecule has 0 fully saturated rings. The van der Waals surface area contributed by atoms with Crippen molar-refractivity contribution in [1.29, 1.82) is 0 Å². The standard InChI is InChI=1S/C29H30ClFN2O5/c1-16-6-7-18(29(3,4)28(35)36)11-23(16)32-27(34)21-13-22(30)26(10-17(21)2)37-15-20-14-33(5)24-12-19(31)8-9-25(24)38-20/h6-13,20H,14-15H2,1-5H3,(H,32,34)(H,35,36)/t20-/m0/s1. The molecule has 200 valence electrons. The number of carbonyl (C=O) groups excluding carboxylic acids is 1. The summed E-state index contributed by atoms with van der Waals surface area (Å²) in [6.45, 7) is 7.56. The Kier molecular flexibility index (Phi) is 7.56. The van der Waals surface area contributed by atoms with Gasteiger partial charge in [0.25, 0.3) is 5.91 Å². The van der Waals surface area contributed by atoms with Gasteiger partial charge in [-0.2, -0.15) is 0 Å². The number of hydrogen-bond donors (Lipinski definition) is 2. The number of rotatable bonds is 7. The van der Waals surface area contributed by atoms with Gasteiger partial charge in [-0.05, 0) is 74.7 Å². The Hall–Kier alpha value is -3.78. The number of carbonyl (C=O) groups is 2. The number of amides is 1. The fourth-order valence-electron chi connectivity index (χ4n) is 4.25. The highest BCUT2D eigenvalue weighted by Crippen LogP contribution is 2.34. The number of halogens is 2. The van der Waals surface area contributed by atoms with Gasteiger partial charge < -0.3 is 24.8 Å². The van der Waals surface area contributed by atoms with Crippen LogP contribution in [0.2, 0.25) is 5.02 Å². The number of carboxylic acids is 1. The molecular formula is C29H30ClFN2O5. The second-order valence-electron chi connectivity index (χ2n) is 10.1. The fraction of sp³-hybridized carbons (Fsp3) is 0.310. The van der Waals surface area contributed by atoms with Gasteiger partial charge in [0, 0.05) is 24.4 Å². The lowest BCUT2D eigenvalue weighted by Crippen LogP contribution is -2.41. The van der Waals surface area contributed by atoms with Crippen LogP contribution in [0.4, 0.5) is 15.8 Å². The summed E-state index contributed by atoms with van der Waals surface area (Å²) in [6, 6.07) is 12.8. The normalized spacial score (nSPS) is 14.9. The van der Waals surface area contributed by atoms with Crippen LogP contribution in [0.3, 0.4) is 0 Å². The van der Waals surface area contributed by atoms with Crippen LogP contribution in [-0.4, -0.2) is 43.3 Å². The number of nitrogens with zero attached hydrogens (tertiary/aromatic N) is 1. The first kappa shape index (κ1) is 27.3. The predicted molar refractivity (Wildman–Crippen MR) is 146 cm³/mol. The fourth-order valence-corrected chi connectivity index (χ4v) is 4.47. The zero-order chi connectivity index (χ0) is 27.8. The molecule has 1 amide bonds. The van der Waals surface area contributed by atoms with E-state index in [9.17, 15) is 19.1 Å². The Labute approximate surface area is 226 Å². The number of aliphatic carboxylic acids is 1. The molecule has 3 aromatic carbocycles. The number of ether oxygens (including phenoxy) is 2. The van der Waals surface area contributed by atoms with E-state index in [0.717, 1.165) is 5.56 Å². The van der Waals surface area contributed by atoms with Crippen molar-refractivity contribution in [2.45, 2.75) is 39.2 Å². The van der Waals surface area contributed by atoms with Crippen molar-refractivity contribution < 1.29 is 28.6 Å². The van der Waals surface area contributed by atoms with E-state index >= 15 is 0 Å². The van der Waals surface area contributed by atoms with Crippen LogP contribution in [0, 0.1) is 19.7 Å². The molecule has 1 aliphatic rings. The highest BCUT2D eigenvalue weighted by Gasteiger charge is 2.30. The quantitative estimate of drug-likeness (QED) is 0.383. The van der Waals surface area contributed by atoms with Crippen molar-refractivity contribution in [2.75, 3.05) is 30.4 Å². The van der Waals surface area contributed by atoms with E-state index in [1.165, 1.54) is 12.1 Å². The number of hydrogen-bond acceptors (Lipinski definition) is 5. The van der Waals surface area contributed by atoms with E-state index in [1.807, 2.05) is 18.9 Å². The van der Waals surface area contributed by atoms with E-state index in [2.05, 4.69) is 5.32 Å². The lowest BCUT2D eigenvalue weighted by Gasteiger charge is -2.33. The molecule has 1 heterocycles. The van der Waals surface area contributed by atoms with E-state index in [-0.39, 0.29) is 29.5 Å². The molecule has 38 heavy (non-hydrogen) atoms. The monoisotopic (exact) mass is 540 g/mol. The lowest BCUT2D eigenvalue weighted by molar-refractivity contribution is -0.142. The Bertz CT molecular complexity index is 1410. The van der Waals surface area contributed by atoms with Gasteiger partial charge in [-0.15, -0.1) is 0 Å². The van der Waals surface area contributed by atoms with E-state index < -0.39 is 11.4 Å². The minimum atomic E-state index is -1.11. The van der Waals surface area contributed by atoms with E-state index in [0.29, 0.717) is 46.1 Å². The molecule has 1 aliphatic heterocycles. The van der Waals surface area contributed by atoms with Gasteiger partial charge in [0.1, 0.15) is 30.0 Å². The Morgan fingerprint density at radius 1 is 1.16 bits per heavy atom. The second kappa shape index (κ2) is 10.5. The van der Waals surface area contributed by atoms with Crippen molar-refractivity contribution in [2.24, 2.45) is 0 Å². The first-order chi connectivity index (χ1) is 17.9. The van der Waals surface area contributed by atoms with E-state index in [1.54, 1.807) is 57.2 Å². The zero-order valence-corrected chi connectivity index (χ0v) is 22.6. The van der Waals surface area contributed by atoms with Crippen LogP contribution in [0.15, 0.2) is 48.5 Å².